The second-order valence-electron chi connectivity index (χ2n) is 5.92. The largest absolute Gasteiger partial charge is 0.481 e. The van der Waals surface area contributed by atoms with E-state index >= 15 is 0 Å². The summed E-state index contributed by atoms with van der Waals surface area (Å²) in [5, 5.41) is 12.6. The number of carbonyl (C=O) groups is 1. The molecule has 2 fully saturated rings. The van der Waals surface area contributed by atoms with E-state index in [-0.39, 0.29) is 5.92 Å². The third-order valence-electron chi connectivity index (χ3n) is 4.75. The molecule has 0 aromatic rings. The monoisotopic (exact) mass is 225 g/mol. The van der Waals surface area contributed by atoms with Crippen LogP contribution in [-0.2, 0) is 4.79 Å². The third kappa shape index (κ3) is 2.40. The van der Waals surface area contributed by atoms with E-state index in [0.717, 1.165) is 25.8 Å². The first-order valence-corrected chi connectivity index (χ1v) is 6.49. The first-order chi connectivity index (χ1) is 7.53. The van der Waals surface area contributed by atoms with Gasteiger partial charge in [-0.3, -0.25) is 4.79 Å². The van der Waals surface area contributed by atoms with Crippen molar-refractivity contribution in [1.29, 1.82) is 0 Å². The molecule has 0 aromatic carbocycles. The van der Waals surface area contributed by atoms with Crippen molar-refractivity contribution in [2.24, 2.45) is 17.3 Å². The molecule has 3 nitrogen and oxygen atoms in total. The first kappa shape index (κ1) is 11.9. The van der Waals surface area contributed by atoms with E-state index in [9.17, 15) is 4.79 Å². The van der Waals surface area contributed by atoms with E-state index in [0.29, 0.717) is 17.4 Å². The second kappa shape index (κ2) is 4.36. The van der Waals surface area contributed by atoms with Gasteiger partial charge in [-0.15, -0.1) is 0 Å². The average molecular weight is 225 g/mol. The van der Waals surface area contributed by atoms with Crippen molar-refractivity contribution in [2.45, 2.75) is 52.0 Å². The van der Waals surface area contributed by atoms with Gasteiger partial charge in [0.1, 0.15) is 0 Å². The zero-order chi connectivity index (χ0) is 11.8. The van der Waals surface area contributed by atoms with Crippen molar-refractivity contribution in [3.8, 4) is 0 Å². The maximum Gasteiger partial charge on any atom is 0.306 e. The molecule has 92 valence electrons. The Kier molecular flexibility index (Phi) is 3.24. The predicted molar refractivity (Wildman–Crippen MR) is 63.3 cm³/mol. The molecule has 2 aliphatic rings. The van der Waals surface area contributed by atoms with Gasteiger partial charge < -0.3 is 10.4 Å². The fourth-order valence-electron chi connectivity index (χ4n) is 2.81. The van der Waals surface area contributed by atoms with Crippen LogP contribution in [0.1, 0.15) is 46.0 Å². The molecule has 0 aliphatic heterocycles. The van der Waals surface area contributed by atoms with Crippen molar-refractivity contribution in [3.05, 3.63) is 0 Å². The number of hydrogen-bond acceptors (Lipinski definition) is 2. The van der Waals surface area contributed by atoms with Gasteiger partial charge in [-0.1, -0.05) is 13.3 Å². The molecule has 3 heteroatoms. The molecule has 0 amide bonds. The number of carboxylic acid groups (broad SMARTS) is 1. The fraction of sp³-hybridized carbons (Fsp3) is 0.923. The average Bonchev–Trinajstić information content (AvgIpc) is 2.82. The minimum absolute atomic E-state index is 0.105. The lowest BCUT2D eigenvalue weighted by atomic mass is 9.94. The van der Waals surface area contributed by atoms with Crippen LogP contribution in [0.15, 0.2) is 0 Å². The smallest absolute Gasteiger partial charge is 0.306 e. The quantitative estimate of drug-likeness (QED) is 0.754. The first-order valence-electron chi connectivity index (χ1n) is 6.49. The lowest BCUT2D eigenvalue weighted by molar-refractivity contribution is -0.142. The second-order valence-corrected chi connectivity index (χ2v) is 5.92. The van der Waals surface area contributed by atoms with E-state index in [4.69, 9.17) is 5.11 Å². The van der Waals surface area contributed by atoms with Crippen molar-refractivity contribution in [2.75, 3.05) is 6.54 Å². The molecular formula is C13H23NO2. The molecule has 0 aromatic heterocycles. The molecular weight excluding hydrogens is 202 g/mol. The molecule has 0 spiro atoms. The summed E-state index contributed by atoms with van der Waals surface area (Å²) in [5.74, 6) is -0.358. The Morgan fingerprint density at radius 3 is 2.75 bits per heavy atom. The third-order valence-corrected chi connectivity index (χ3v) is 4.75. The molecule has 2 saturated carbocycles. The normalized spacial score (nSPS) is 33.6. The van der Waals surface area contributed by atoms with Crippen molar-refractivity contribution >= 4 is 5.97 Å². The summed E-state index contributed by atoms with van der Waals surface area (Å²) < 4.78 is 0. The molecule has 3 unspecified atom stereocenters. The lowest BCUT2D eigenvalue weighted by Crippen LogP contribution is -2.38. The lowest BCUT2D eigenvalue weighted by Gasteiger charge is -2.24. The van der Waals surface area contributed by atoms with Crippen molar-refractivity contribution in [1.82, 2.24) is 5.32 Å². The van der Waals surface area contributed by atoms with Crippen LogP contribution in [0.5, 0.6) is 0 Å². The van der Waals surface area contributed by atoms with Crippen LogP contribution in [0.3, 0.4) is 0 Å². The summed E-state index contributed by atoms with van der Waals surface area (Å²) >= 11 is 0. The number of hydrogen-bond donors (Lipinski definition) is 2. The summed E-state index contributed by atoms with van der Waals surface area (Å²) in [7, 11) is 0. The van der Waals surface area contributed by atoms with E-state index in [1.807, 2.05) is 0 Å². The van der Waals surface area contributed by atoms with Gasteiger partial charge >= 0.3 is 5.97 Å². The summed E-state index contributed by atoms with van der Waals surface area (Å²) in [4.78, 5) is 11.0. The Labute approximate surface area is 97.6 Å². The summed E-state index contributed by atoms with van der Waals surface area (Å²) in [6.45, 7) is 5.43. The van der Waals surface area contributed by atoms with Gasteiger partial charge in [-0.25, -0.2) is 0 Å². The van der Waals surface area contributed by atoms with Crippen LogP contribution in [0.2, 0.25) is 0 Å². The zero-order valence-corrected chi connectivity index (χ0v) is 10.3. The summed E-state index contributed by atoms with van der Waals surface area (Å²) in [6, 6.07) is 0.530. The van der Waals surface area contributed by atoms with Crippen LogP contribution in [0, 0.1) is 17.3 Å². The minimum atomic E-state index is -0.602. The highest BCUT2D eigenvalue weighted by atomic mass is 16.4. The highest BCUT2D eigenvalue weighted by Crippen LogP contribution is 2.48. The standard InChI is InChI=1S/C13H23NO2/c1-9(13(2)6-7-13)14-8-10-4-3-5-11(10)12(15)16/h9-11,14H,3-8H2,1-2H3,(H,15,16). The summed E-state index contributed by atoms with van der Waals surface area (Å²) in [6.07, 6.45) is 5.65. The Balaban J connectivity index is 1.78. The number of rotatable bonds is 5. The van der Waals surface area contributed by atoms with Gasteiger partial charge in [0.15, 0.2) is 0 Å². The molecule has 3 atom stereocenters. The van der Waals surface area contributed by atoms with Crippen molar-refractivity contribution < 1.29 is 9.90 Å². The van der Waals surface area contributed by atoms with Gasteiger partial charge in [0, 0.05) is 6.04 Å². The maximum atomic E-state index is 11.0. The van der Waals surface area contributed by atoms with Gasteiger partial charge in [0.05, 0.1) is 5.92 Å². The molecule has 2 rings (SSSR count). The Bertz CT molecular complexity index is 273. The molecule has 0 heterocycles. The number of aliphatic carboxylic acids is 1. The SMILES string of the molecule is CC(NCC1CCCC1C(=O)O)C1(C)CC1. The van der Waals surface area contributed by atoms with Gasteiger partial charge in [-0.2, -0.15) is 0 Å². The Hall–Kier alpha value is -0.570. The van der Waals surface area contributed by atoms with Crippen molar-refractivity contribution in [3.63, 3.8) is 0 Å². The maximum absolute atomic E-state index is 11.0. The van der Waals surface area contributed by atoms with E-state index in [1.165, 1.54) is 12.8 Å². The topological polar surface area (TPSA) is 49.3 Å². The predicted octanol–water partition coefficient (Wildman–Crippen LogP) is 2.27. The Morgan fingerprint density at radius 1 is 1.50 bits per heavy atom. The van der Waals surface area contributed by atoms with Gasteiger partial charge in [-0.05, 0) is 50.5 Å². The van der Waals surface area contributed by atoms with Crippen LogP contribution in [0.25, 0.3) is 0 Å². The van der Waals surface area contributed by atoms with Gasteiger partial charge in [0.25, 0.3) is 0 Å². The zero-order valence-electron chi connectivity index (χ0n) is 10.3. The van der Waals surface area contributed by atoms with E-state index < -0.39 is 5.97 Å². The van der Waals surface area contributed by atoms with Crippen LogP contribution in [0.4, 0.5) is 0 Å². The number of nitrogens with one attached hydrogen (secondary N) is 1. The highest BCUT2D eigenvalue weighted by molar-refractivity contribution is 5.70. The molecule has 0 saturated heterocycles. The molecule has 2 N–H and O–H groups in total. The minimum Gasteiger partial charge on any atom is -0.481 e. The Morgan fingerprint density at radius 2 is 2.19 bits per heavy atom. The molecule has 0 bridgehead atoms. The number of carboxylic acids is 1. The fourth-order valence-corrected chi connectivity index (χ4v) is 2.81. The van der Waals surface area contributed by atoms with Crippen LogP contribution >= 0.6 is 0 Å². The van der Waals surface area contributed by atoms with Gasteiger partial charge in [0.2, 0.25) is 0 Å². The molecule has 0 radical (unpaired) electrons. The highest BCUT2D eigenvalue weighted by Gasteiger charge is 2.43. The van der Waals surface area contributed by atoms with E-state index in [1.54, 1.807) is 0 Å². The summed E-state index contributed by atoms with van der Waals surface area (Å²) in [5.41, 5.74) is 0.483. The van der Waals surface area contributed by atoms with Crippen LogP contribution < -0.4 is 5.32 Å². The molecule has 16 heavy (non-hydrogen) atoms. The molecule has 2 aliphatic carbocycles. The van der Waals surface area contributed by atoms with E-state index in [2.05, 4.69) is 19.2 Å². The van der Waals surface area contributed by atoms with Crippen LogP contribution in [-0.4, -0.2) is 23.7 Å².